The molecule has 3 heteroatoms. The lowest BCUT2D eigenvalue weighted by molar-refractivity contribution is 0.0992. The van der Waals surface area contributed by atoms with Crippen molar-refractivity contribution in [1.29, 1.82) is 0 Å². The van der Waals surface area contributed by atoms with E-state index in [2.05, 4.69) is 38.2 Å². The predicted molar refractivity (Wildman–Crippen MR) is 91.5 cm³/mol. The van der Waals surface area contributed by atoms with Gasteiger partial charge < -0.3 is 15.2 Å². The number of β-amino-alcohol motifs (C(OH)–C–C–N with tert-alkyl or cyclic N) is 1. The molecule has 3 nitrogen and oxygen atoms in total. The van der Waals surface area contributed by atoms with Crippen molar-refractivity contribution < 1.29 is 9.84 Å². The number of benzene rings is 1. The van der Waals surface area contributed by atoms with Gasteiger partial charge in [0.1, 0.15) is 18.5 Å². The van der Waals surface area contributed by atoms with Gasteiger partial charge in [-0.3, -0.25) is 0 Å². The van der Waals surface area contributed by atoms with Crippen molar-refractivity contribution in [3.05, 3.63) is 29.8 Å². The molecule has 0 heterocycles. The second kappa shape index (κ2) is 7.98. The summed E-state index contributed by atoms with van der Waals surface area (Å²) >= 11 is 0. The fraction of sp³-hybridized carbons (Fsp3) is 0.684. The lowest BCUT2D eigenvalue weighted by atomic mass is 9.84. The lowest BCUT2D eigenvalue weighted by Gasteiger charge is -2.25. The quantitative estimate of drug-likeness (QED) is 0.838. The van der Waals surface area contributed by atoms with Crippen LogP contribution >= 0.6 is 0 Å². The Morgan fingerprint density at radius 2 is 1.86 bits per heavy atom. The van der Waals surface area contributed by atoms with Crippen LogP contribution < -0.4 is 10.1 Å². The van der Waals surface area contributed by atoms with Crippen LogP contribution in [0.4, 0.5) is 0 Å². The minimum Gasteiger partial charge on any atom is -0.491 e. The van der Waals surface area contributed by atoms with E-state index >= 15 is 0 Å². The Kier molecular flexibility index (Phi) is 6.27. The van der Waals surface area contributed by atoms with Gasteiger partial charge in [0, 0.05) is 12.1 Å². The van der Waals surface area contributed by atoms with Crippen LogP contribution in [0, 0.1) is 0 Å². The standard InChI is InChI=1S/C19H31NO2/c1-19(2,3)20-13-16(21)14-22-18-12-8-7-11-17(18)15-9-5-4-6-10-15/h7-8,11-12,15-16,20-21H,4-6,9-10,13-14H2,1-3H3. The monoisotopic (exact) mass is 305 g/mol. The van der Waals surface area contributed by atoms with E-state index in [0.29, 0.717) is 19.1 Å². The molecule has 1 aliphatic carbocycles. The topological polar surface area (TPSA) is 41.5 Å². The second-order valence-electron chi connectivity index (χ2n) is 7.47. The van der Waals surface area contributed by atoms with Gasteiger partial charge in [0.25, 0.3) is 0 Å². The summed E-state index contributed by atoms with van der Waals surface area (Å²) in [6, 6.07) is 8.33. The van der Waals surface area contributed by atoms with E-state index in [4.69, 9.17) is 4.74 Å². The van der Waals surface area contributed by atoms with E-state index in [1.807, 2.05) is 12.1 Å². The largest absolute Gasteiger partial charge is 0.491 e. The first-order valence-corrected chi connectivity index (χ1v) is 8.60. The van der Waals surface area contributed by atoms with E-state index in [1.165, 1.54) is 37.7 Å². The molecule has 1 unspecified atom stereocenters. The Bertz CT molecular complexity index is 447. The molecule has 22 heavy (non-hydrogen) atoms. The fourth-order valence-corrected chi connectivity index (χ4v) is 3.03. The molecule has 1 fully saturated rings. The third kappa shape index (κ3) is 5.62. The van der Waals surface area contributed by atoms with Crippen LogP contribution in [-0.2, 0) is 0 Å². The predicted octanol–water partition coefficient (Wildman–Crippen LogP) is 3.86. The second-order valence-corrected chi connectivity index (χ2v) is 7.47. The summed E-state index contributed by atoms with van der Waals surface area (Å²) in [5.41, 5.74) is 1.33. The Morgan fingerprint density at radius 3 is 2.55 bits per heavy atom. The summed E-state index contributed by atoms with van der Waals surface area (Å²) in [7, 11) is 0. The first kappa shape index (κ1) is 17.3. The maximum absolute atomic E-state index is 10.1. The van der Waals surface area contributed by atoms with Crippen molar-refractivity contribution in [1.82, 2.24) is 5.32 Å². The molecule has 1 aromatic carbocycles. The summed E-state index contributed by atoms with van der Waals surface area (Å²) in [5, 5.41) is 13.4. The molecular formula is C19H31NO2. The molecule has 0 aromatic heterocycles. The Labute approximate surface area is 135 Å². The number of nitrogens with one attached hydrogen (secondary N) is 1. The molecule has 0 saturated heterocycles. The summed E-state index contributed by atoms with van der Waals surface area (Å²) < 4.78 is 5.93. The summed E-state index contributed by atoms with van der Waals surface area (Å²) in [4.78, 5) is 0. The molecule has 0 spiro atoms. The molecular weight excluding hydrogens is 274 g/mol. The Hall–Kier alpha value is -1.06. The normalized spacial score (nSPS) is 18.2. The maximum Gasteiger partial charge on any atom is 0.122 e. The van der Waals surface area contributed by atoms with Gasteiger partial charge in [-0.25, -0.2) is 0 Å². The zero-order chi connectivity index (χ0) is 16.0. The van der Waals surface area contributed by atoms with Crippen molar-refractivity contribution in [3.8, 4) is 5.75 Å². The average molecular weight is 305 g/mol. The minimum absolute atomic E-state index is 0.0149. The Balaban J connectivity index is 1.89. The highest BCUT2D eigenvalue weighted by atomic mass is 16.5. The maximum atomic E-state index is 10.1. The van der Waals surface area contributed by atoms with E-state index in [0.717, 1.165) is 5.75 Å². The van der Waals surface area contributed by atoms with Crippen LogP contribution in [0.25, 0.3) is 0 Å². The van der Waals surface area contributed by atoms with Crippen molar-refractivity contribution >= 4 is 0 Å². The van der Waals surface area contributed by atoms with E-state index in [-0.39, 0.29) is 5.54 Å². The number of aliphatic hydroxyl groups is 1. The molecule has 1 atom stereocenters. The third-order valence-corrected chi connectivity index (χ3v) is 4.26. The van der Waals surface area contributed by atoms with Crippen molar-refractivity contribution in [2.75, 3.05) is 13.2 Å². The number of para-hydroxylation sites is 1. The zero-order valence-corrected chi connectivity index (χ0v) is 14.3. The van der Waals surface area contributed by atoms with Crippen LogP contribution in [0.3, 0.4) is 0 Å². The highest BCUT2D eigenvalue weighted by Crippen LogP contribution is 2.37. The number of ether oxygens (including phenoxy) is 1. The number of aliphatic hydroxyl groups excluding tert-OH is 1. The van der Waals surface area contributed by atoms with Crippen molar-refractivity contribution in [2.24, 2.45) is 0 Å². The first-order chi connectivity index (χ1) is 10.5. The molecule has 0 aliphatic heterocycles. The van der Waals surface area contributed by atoms with E-state index in [1.54, 1.807) is 0 Å². The highest BCUT2D eigenvalue weighted by molar-refractivity contribution is 5.36. The zero-order valence-electron chi connectivity index (χ0n) is 14.3. The Morgan fingerprint density at radius 1 is 1.18 bits per heavy atom. The highest BCUT2D eigenvalue weighted by Gasteiger charge is 2.19. The number of rotatable bonds is 6. The smallest absolute Gasteiger partial charge is 0.122 e. The van der Waals surface area contributed by atoms with Gasteiger partial charge in [0.05, 0.1) is 0 Å². The molecule has 0 bridgehead atoms. The van der Waals surface area contributed by atoms with Crippen LogP contribution in [0.5, 0.6) is 5.75 Å². The van der Waals surface area contributed by atoms with Crippen LogP contribution in [0.15, 0.2) is 24.3 Å². The van der Waals surface area contributed by atoms with Crippen molar-refractivity contribution in [3.63, 3.8) is 0 Å². The molecule has 2 rings (SSSR count). The molecule has 124 valence electrons. The van der Waals surface area contributed by atoms with Gasteiger partial charge >= 0.3 is 0 Å². The molecule has 0 radical (unpaired) electrons. The minimum atomic E-state index is -0.487. The first-order valence-electron chi connectivity index (χ1n) is 8.60. The van der Waals surface area contributed by atoms with Crippen LogP contribution in [0.1, 0.15) is 64.4 Å². The average Bonchev–Trinajstić information content (AvgIpc) is 2.51. The van der Waals surface area contributed by atoms with E-state index < -0.39 is 6.10 Å². The van der Waals surface area contributed by atoms with Crippen molar-refractivity contribution in [2.45, 2.75) is 70.4 Å². The lowest BCUT2D eigenvalue weighted by Crippen LogP contribution is -2.42. The fourth-order valence-electron chi connectivity index (χ4n) is 3.03. The SMILES string of the molecule is CC(C)(C)NCC(O)COc1ccccc1C1CCCCC1. The number of hydrogen-bond acceptors (Lipinski definition) is 3. The molecule has 1 aliphatic rings. The summed E-state index contributed by atoms with van der Waals surface area (Å²) in [6.07, 6.45) is 6.02. The molecule has 2 N–H and O–H groups in total. The molecule has 1 saturated carbocycles. The van der Waals surface area contributed by atoms with Crippen LogP contribution in [0.2, 0.25) is 0 Å². The summed E-state index contributed by atoms with van der Waals surface area (Å²) in [5.74, 6) is 1.57. The van der Waals surface area contributed by atoms with E-state index in [9.17, 15) is 5.11 Å². The van der Waals surface area contributed by atoms with Gasteiger partial charge in [0.15, 0.2) is 0 Å². The van der Waals surface area contributed by atoms with Crippen LogP contribution in [-0.4, -0.2) is 29.9 Å². The van der Waals surface area contributed by atoms with Gasteiger partial charge in [0.2, 0.25) is 0 Å². The molecule has 0 amide bonds. The number of hydrogen-bond donors (Lipinski definition) is 2. The van der Waals surface area contributed by atoms with Gasteiger partial charge in [-0.2, -0.15) is 0 Å². The summed E-state index contributed by atoms with van der Waals surface area (Å²) in [6.45, 7) is 7.18. The molecule has 1 aromatic rings. The van der Waals surface area contributed by atoms with Gasteiger partial charge in [-0.05, 0) is 51.2 Å². The van der Waals surface area contributed by atoms with Gasteiger partial charge in [-0.15, -0.1) is 0 Å². The van der Waals surface area contributed by atoms with Gasteiger partial charge in [-0.1, -0.05) is 37.5 Å². The third-order valence-electron chi connectivity index (χ3n) is 4.26.